The number of rotatable bonds is 63. The zero-order valence-electron chi connectivity index (χ0n) is 52.6. The van der Waals surface area contributed by atoms with E-state index < -0.39 is 97.5 Å². The molecule has 0 aromatic carbocycles. The fourth-order valence-corrected chi connectivity index (χ4v) is 11.0. The standard InChI is InChI=1S/C63H122O17P2/c1-6-9-12-15-17-19-21-22-23-24-30-34-39-44-49-63(68)80-59(53-74-61(66)47-42-37-32-29-26-25-27-31-36-40-45-56(4)5)55-78-82(71,72)76-51-57(64)50-75-81(69,70)77-54-58(52-73-60(65)46-41-35-14-11-8-3)79-62(67)48-43-38-33-28-20-18-16-13-10-7-2/h56-59,64H,6-55H2,1-5H3,(H,69,70)(H,71,72)/t57-,58+,59+/m0/s1. The number of hydrogen-bond acceptors (Lipinski definition) is 15. The second-order valence-electron chi connectivity index (χ2n) is 23.3. The predicted molar refractivity (Wildman–Crippen MR) is 326 cm³/mol. The van der Waals surface area contributed by atoms with Gasteiger partial charge in [-0.15, -0.1) is 0 Å². The molecule has 0 spiro atoms. The molecule has 0 saturated carbocycles. The number of aliphatic hydroxyl groups excluding tert-OH is 1. The molecule has 2 unspecified atom stereocenters. The first-order valence-corrected chi connectivity index (χ1v) is 36.1. The normalized spacial score (nSPS) is 14.3. The molecule has 19 heteroatoms. The van der Waals surface area contributed by atoms with Crippen LogP contribution < -0.4 is 0 Å². The summed E-state index contributed by atoms with van der Waals surface area (Å²) in [5.74, 6) is -1.38. The van der Waals surface area contributed by atoms with E-state index in [-0.39, 0.29) is 25.7 Å². The summed E-state index contributed by atoms with van der Waals surface area (Å²) in [4.78, 5) is 71.9. The number of phosphoric acid groups is 2. The number of unbranched alkanes of at least 4 members (excludes halogenated alkanes) is 35. The second kappa shape index (κ2) is 56.8. The smallest absolute Gasteiger partial charge is 0.462 e. The molecule has 0 saturated heterocycles. The van der Waals surface area contributed by atoms with Crippen molar-refractivity contribution in [3.05, 3.63) is 0 Å². The second-order valence-corrected chi connectivity index (χ2v) is 26.2. The van der Waals surface area contributed by atoms with Crippen LogP contribution in [0.4, 0.5) is 0 Å². The maximum Gasteiger partial charge on any atom is 0.472 e. The Balaban J connectivity index is 5.18. The van der Waals surface area contributed by atoms with Gasteiger partial charge in [0.2, 0.25) is 0 Å². The van der Waals surface area contributed by atoms with Crippen LogP contribution in [0.25, 0.3) is 0 Å². The quantitative estimate of drug-likeness (QED) is 0.0222. The van der Waals surface area contributed by atoms with Crippen molar-refractivity contribution in [1.29, 1.82) is 0 Å². The van der Waals surface area contributed by atoms with E-state index in [0.717, 1.165) is 102 Å². The highest BCUT2D eigenvalue weighted by Crippen LogP contribution is 2.45. The van der Waals surface area contributed by atoms with E-state index in [1.165, 1.54) is 135 Å². The summed E-state index contributed by atoms with van der Waals surface area (Å²) in [6, 6.07) is 0. The van der Waals surface area contributed by atoms with E-state index >= 15 is 0 Å². The van der Waals surface area contributed by atoms with Gasteiger partial charge < -0.3 is 33.8 Å². The summed E-state index contributed by atoms with van der Waals surface area (Å²) in [6.45, 7) is 7.09. The molecule has 0 aromatic heterocycles. The van der Waals surface area contributed by atoms with Crippen molar-refractivity contribution in [2.75, 3.05) is 39.6 Å². The molecule has 0 amide bonds. The third kappa shape index (κ3) is 57.2. The molecule has 0 aliphatic carbocycles. The average molecular weight is 1210 g/mol. The molecule has 0 bridgehead atoms. The number of aliphatic hydroxyl groups is 1. The molecule has 82 heavy (non-hydrogen) atoms. The summed E-state index contributed by atoms with van der Waals surface area (Å²) in [6.07, 6.45) is 40.6. The first kappa shape index (κ1) is 80.1. The summed E-state index contributed by atoms with van der Waals surface area (Å²) in [7, 11) is -9.87. The molecule has 17 nitrogen and oxygen atoms in total. The van der Waals surface area contributed by atoms with Crippen molar-refractivity contribution in [1.82, 2.24) is 0 Å². The van der Waals surface area contributed by atoms with Gasteiger partial charge in [0.15, 0.2) is 12.2 Å². The van der Waals surface area contributed by atoms with E-state index in [2.05, 4.69) is 34.6 Å². The summed E-state index contributed by atoms with van der Waals surface area (Å²) >= 11 is 0. The lowest BCUT2D eigenvalue weighted by Gasteiger charge is -2.21. The molecule has 0 aliphatic rings. The van der Waals surface area contributed by atoms with Gasteiger partial charge in [0.05, 0.1) is 26.4 Å². The van der Waals surface area contributed by atoms with Crippen molar-refractivity contribution in [2.45, 2.75) is 335 Å². The Morgan fingerprint density at radius 1 is 0.329 bits per heavy atom. The summed E-state index contributed by atoms with van der Waals surface area (Å²) < 4.78 is 67.8. The Morgan fingerprint density at radius 3 is 0.829 bits per heavy atom. The average Bonchev–Trinajstić information content (AvgIpc) is 3.44. The van der Waals surface area contributed by atoms with Crippen molar-refractivity contribution in [3.8, 4) is 0 Å². The minimum atomic E-state index is -4.94. The SMILES string of the molecule is CCCCCCCCCCCCCCCCC(=O)O[C@H](COC(=O)CCCCCCCCCCCCC(C)C)COP(=O)(O)OC[C@@H](O)COP(=O)(O)OC[C@@H](COC(=O)CCCCCCC)OC(=O)CCCCCCCCCCCC. The molecule has 3 N–H and O–H groups in total. The maximum absolute atomic E-state index is 13.0. The van der Waals surface area contributed by atoms with Gasteiger partial charge in [-0.05, 0) is 31.6 Å². The van der Waals surface area contributed by atoms with Gasteiger partial charge in [-0.25, -0.2) is 9.13 Å². The molecule has 0 aliphatic heterocycles. The maximum atomic E-state index is 13.0. The van der Waals surface area contributed by atoms with Crippen LogP contribution in [0.3, 0.4) is 0 Å². The first-order chi connectivity index (χ1) is 39.5. The Labute approximate surface area is 498 Å². The first-order valence-electron chi connectivity index (χ1n) is 33.1. The van der Waals surface area contributed by atoms with E-state index in [9.17, 15) is 43.2 Å². The van der Waals surface area contributed by atoms with Crippen molar-refractivity contribution in [2.24, 2.45) is 5.92 Å². The van der Waals surface area contributed by atoms with E-state index in [1.807, 2.05) is 0 Å². The molecular weight excluding hydrogens is 1090 g/mol. The Kier molecular flexibility index (Phi) is 55.5. The fraction of sp³-hybridized carbons (Fsp3) is 0.937. The van der Waals surface area contributed by atoms with E-state index in [0.29, 0.717) is 25.7 Å². The third-order valence-corrected chi connectivity index (χ3v) is 16.4. The number of carbonyl (C=O) groups excluding carboxylic acids is 4. The zero-order chi connectivity index (χ0) is 60.6. The van der Waals surface area contributed by atoms with Crippen LogP contribution in [0.2, 0.25) is 0 Å². The van der Waals surface area contributed by atoms with Crippen molar-refractivity contribution >= 4 is 39.5 Å². The molecular formula is C63H122O17P2. The minimum absolute atomic E-state index is 0.105. The number of hydrogen-bond donors (Lipinski definition) is 3. The molecule has 0 radical (unpaired) electrons. The van der Waals surface area contributed by atoms with Crippen molar-refractivity contribution in [3.63, 3.8) is 0 Å². The van der Waals surface area contributed by atoms with Gasteiger partial charge in [0.25, 0.3) is 0 Å². The van der Waals surface area contributed by atoms with Gasteiger partial charge >= 0.3 is 39.5 Å². The lowest BCUT2D eigenvalue weighted by Crippen LogP contribution is -2.30. The van der Waals surface area contributed by atoms with Gasteiger partial charge in [-0.1, -0.05) is 266 Å². The number of esters is 4. The lowest BCUT2D eigenvalue weighted by atomic mass is 10.0. The van der Waals surface area contributed by atoms with Crippen LogP contribution in [0.15, 0.2) is 0 Å². The Hall–Kier alpha value is -1.94. The van der Waals surface area contributed by atoms with Crippen LogP contribution in [-0.2, 0) is 65.4 Å². The van der Waals surface area contributed by atoms with Crippen LogP contribution >= 0.6 is 15.6 Å². The molecule has 0 aromatic rings. The third-order valence-electron chi connectivity index (χ3n) is 14.5. The van der Waals surface area contributed by atoms with Crippen LogP contribution in [-0.4, -0.2) is 96.7 Å². The van der Waals surface area contributed by atoms with Gasteiger partial charge in [0.1, 0.15) is 19.3 Å². The largest absolute Gasteiger partial charge is 0.472 e. The Bertz CT molecular complexity index is 1600. The highest BCUT2D eigenvalue weighted by Gasteiger charge is 2.30. The molecule has 486 valence electrons. The van der Waals surface area contributed by atoms with Gasteiger partial charge in [-0.2, -0.15) is 0 Å². The van der Waals surface area contributed by atoms with E-state index in [1.54, 1.807) is 0 Å². The molecule has 5 atom stereocenters. The minimum Gasteiger partial charge on any atom is -0.462 e. The van der Waals surface area contributed by atoms with Crippen molar-refractivity contribution < 1.29 is 80.2 Å². The monoisotopic (exact) mass is 1210 g/mol. The summed E-state index contributed by atoms with van der Waals surface area (Å²) in [5, 5.41) is 10.5. The van der Waals surface area contributed by atoms with Crippen LogP contribution in [0.1, 0.15) is 317 Å². The Morgan fingerprint density at radius 2 is 0.561 bits per heavy atom. The number of phosphoric ester groups is 2. The van der Waals surface area contributed by atoms with Crippen LogP contribution in [0, 0.1) is 5.92 Å². The number of carbonyl (C=O) groups is 4. The molecule has 0 heterocycles. The summed E-state index contributed by atoms with van der Waals surface area (Å²) in [5.41, 5.74) is 0. The van der Waals surface area contributed by atoms with Gasteiger partial charge in [-0.3, -0.25) is 37.3 Å². The number of ether oxygens (including phenoxy) is 4. The molecule has 0 rings (SSSR count). The topological polar surface area (TPSA) is 237 Å². The van der Waals surface area contributed by atoms with E-state index in [4.69, 9.17) is 37.0 Å². The highest BCUT2D eigenvalue weighted by molar-refractivity contribution is 7.47. The molecule has 0 fully saturated rings. The fourth-order valence-electron chi connectivity index (χ4n) is 9.41. The van der Waals surface area contributed by atoms with Gasteiger partial charge in [0, 0.05) is 25.7 Å². The van der Waals surface area contributed by atoms with Crippen LogP contribution in [0.5, 0.6) is 0 Å². The zero-order valence-corrected chi connectivity index (χ0v) is 54.4. The highest BCUT2D eigenvalue weighted by atomic mass is 31.2. The predicted octanol–water partition coefficient (Wildman–Crippen LogP) is 17.4. The lowest BCUT2D eigenvalue weighted by molar-refractivity contribution is -0.161.